The van der Waals surface area contributed by atoms with Gasteiger partial charge in [0, 0.05) is 24.4 Å². The van der Waals surface area contributed by atoms with Gasteiger partial charge in [-0.15, -0.1) is 11.3 Å². The van der Waals surface area contributed by atoms with Gasteiger partial charge in [0.15, 0.2) is 0 Å². The number of pyridine rings is 1. The van der Waals surface area contributed by atoms with Gasteiger partial charge in [-0.1, -0.05) is 6.92 Å². The highest BCUT2D eigenvalue weighted by Gasteiger charge is 2.10. The van der Waals surface area contributed by atoms with Gasteiger partial charge in [0.05, 0.1) is 22.6 Å². The maximum absolute atomic E-state index is 12.8. The summed E-state index contributed by atoms with van der Waals surface area (Å²) in [5.74, 6) is -0.295. The van der Waals surface area contributed by atoms with Crippen LogP contribution in [0.4, 0.5) is 4.39 Å². The number of thiazole rings is 1. The van der Waals surface area contributed by atoms with E-state index in [1.54, 1.807) is 17.4 Å². The van der Waals surface area contributed by atoms with Gasteiger partial charge in [0.2, 0.25) is 0 Å². The molecule has 0 radical (unpaired) electrons. The van der Waals surface area contributed by atoms with E-state index in [1.165, 1.54) is 12.3 Å². The van der Waals surface area contributed by atoms with E-state index in [0.717, 1.165) is 35.8 Å². The largest absolute Gasteiger partial charge is 0.308 e. The number of aryl methyl sites for hydroxylation is 1. The average Bonchev–Trinajstić information content (AvgIpc) is 2.82. The molecule has 0 fully saturated rings. The van der Waals surface area contributed by atoms with Crippen molar-refractivity contribution in [3.8, 4) is 0 Å². The summed E-state index contributed by atoms with van der Waals surface area (Å²) in [6.07, 6.45) is 3.10. The number of nitrogens with one attached hydrogen (secondary N) is 1. The van der Waals surface area contributed by atoms with Crippen molar-refractivity contribution in [2.45, 2.75) is 32.7 Å². The molecule has 2 aromatic heterocycles. The van der Waals surface area contributed by atoms with Gasteiger partial charge in [-0.2, -0.15) is 0 Å². The summed E-state index contributed by atoms with van der Waals surface area (Å²) in [5, 5.41) is 6.63. The van der Waals surface area contributed by atoms with E-state index in [1.807, 2.05) is 6.92 Å². The van der Waals surface area contributed by atoms with Crippen LogP contribution in [0.2, 0.25) is 0 Å². The maximum atomic E-state index is 12.8. The van der Waals surface area contributed by atoms with Crippen LogP contribution < -0.4 is 5.32 Å². The van der Waals surface area contributed by atoms with E-state index in [2.05, 4.69) is 27.6 Å². The van der Waals surface area contributed by atoms with Crippen LogP contribution in [0.1, 0.15) is 35.8 Å². The highest BCUT2D eigenvalue weighted by Crippen LogP contribution is 2.14. The Kier molecular flexibility index (Phi) is 4.99. The van der Waals surface area contributed by atoms with Crippen LogP contribution in [0.3, 0.4) is 0 Å². The lowest BCUT2D eigenvalue weighted by Crippen LogP contribution is -2.24. The molecule has 1 unspecified atom stereocenters. The lowest BCUT2D eigenvalue weighted by atomic mass is 10.1. The molecule has 5 heteroatoms. The van der Waals surface area contributed by atoms with E-state index in [0.29, 0.717) is 0 Å². The molecule has 3 nitrogen and oxygen atoms in total. The Morgan fingerprint density at radius 1 is 1.42 bits per heavy atom. The Balaban J connectivity index is 1.87. The van der Waals surface area contributed by atoms with E-state index < -0.39 is 0 Å². The first-order valence-corrected chi connectivity index (χ1v) is 7.33. The average molecular weight is 279 g/mol. The molecule has 0 aromatic carbocycles. The van der Waals surface area contributed by atoms with Crippen molar-refractivity contribution in [1.29, 1.82) is 0 Å². The Morgan fingerprint density at radius 3 is 2.84 bits per heavy atom. The monoisotopic (exact) mass is 279 g/mol. The molecule has 0 bridgehead atoms. The van der Waals surface area contributed by atoms with Crippen LogP contribution in [0.15, 0.2) is 23.7 Å². The molecule has 0 aliphatic carbocycles. The summed E-state index contributed by atoms with van der Waals surface area (Å²) in [6.45, 7) is 4.95. The van der Waals surface area contributed by atoms with E-state index >= 15 is 0 Å². The van der Waals surface area contributed by atoms with Crippen molar-refractivity contribution >= 4 is 11.3 Å². The standard InChI is InChI=1S/C14H18FN3S/c1-3-13(14-5-4-11(15)8-17-14)16-7-6-12-9-19-10(2)18-12/h4-5,8-9,13,16H,3,6-7H2,1-2H3. The zero-order valence-electron chi connectivity index (χ0n) is 11.2. The van der Waals surface area contributed by atoms with Gasteiger partial charge < -0.3 is 5.32 Å². The minimum Gasteiger partial charge on any atom is -0.308 e. The van der Waals surface area contributed by atoms with Crippen LogP contribution in [0.5, 0.6) is 0 Å². The first kappa shape index (κ1) is 14.1. The lowest BCUT2D eigenvalue weighted by Gasteiger charge is -2.15. The zero-order chi connectivity index (χ0) is 13.7. The summed E-state index contributed by atoms with van der Waals surface area (Å²) >= 11 is 1.67. The van der Waals surface area contributed by atoms with Crippen LogP contribution in [-0.2, 0) is 6.42 Å². The molecule has 1 atom stereocenters. The fourth-order valence-corrected chi connectivity index (χ4v) is 2.60. The molecule has 2 rings (SSSR count). The molecule has 19 heavy (non-hydrogen) atoms. The number of nitrogens with zero attached hydrogens (tertiary/aromatic N) is 2. The molecule has 102 valence electrons. The highest BCUT2D eigenvalue weighted by molar-refractivity contribution is 7.09. The Hall–Kier alpha value is -1.33. The summed E-state index contributed by atoms with van der Waals surface area (Å²) in [4.78, 5) is 8.56. The Bertz CT molecular complexity index is 510. The van der Waals surface area contributed by atoms with Crippen LogP contribution in [0, 0.1) is 12.7 Å². The van der Waals surface area contributed by atoms with Crippen molar-refractivity contribution in [3.63, 3.8) is 0 Å². The summed E-state index contributed by atoms with van der Waals surface area (Å²) in [5.41, 5.74) is 2.01. The normalized spacial score (nSPS) is 12.6. The summed E-state index contributed by atoms with van der Waals surface area (Å²) in [7, 11) is 0. The molecule has 0 spiro atoms. The van der Waals surface area contributed by atoms with E-state index in [4.69, 9.17) is 0 Å². The van der Waals surface area contributed by atoms with Gasteiger partial charge in [-0.25, -0.2) is 9.37 Å². The smallest absolute Gasteiger partial charge is 0.141 e. The zero-order valence-corrected chi connectivity index (χ0v) is 12.0. The highest BCUT2D eigenvalue weighted by atomic mass is 32.1. The lowest BCUT2D eigenvalue weighted by molar-refractivity contribution is 0.506. The second-order valence-electron chi connectivity index (χ2n) is 4.42. The first-order chi connectivity index (χ1) is 9.19. The van der Waals surface area contributed by atoms with Gasteiger partial charge in [-0.05, 0) is 25.5 Å². The van der Waals surface area contributed by atoms with Crippen molar-refractivity contribution in [1.82, 2.24) is 15.3 Å². The topological polar surface area (TPSA) is 37.8 Å². The number of hydrogen-bond acceptors (Lipinski definition) is 4. The first-order valence-electron chi connectivity index (χ1n) is 6.45. The second kappa shape index (κ2) is 6.73. The third-order valence-corrected chi connectivity index (χ3v) is 3.78. The van der Waals surface area contributed by atoms with Crippen LogP contribution in [0.25, 0.3) is 0 Å². The van der Waals surface area contributed by atoms with Crippen molar-refractivity contribution in [3.05, 3.63) is 45.9 Å². The van der Waals surface area contributed by atoms with E-state index in [9.17, 15) is 4.39 Å². The van der Waals surface area contributed by atoms with Gasteiger partial charge in [-0.3, -0.25) is 4.98 Å². The van der Waals surface area contributed by atoms with Crippen LogP contribution in [-0.4, -0.2) is 16.5 Å². The fourth-order valence-electron chi connectivity index (χ4n) is 1.95. The van der Waals surface area contributed by atoms with Gasteiger partial charge in [0.1, 0.15) is 5.82 Å². The van der Waals surface area contributed by atoms with Crippen molar-refractivity contribution < 1.29 is 4.39 Å². The minimum absolute atomic E-state index is 0.167. The van der Waals surface area contributed by atoms with Crippen molar-refractivity contribution in [2.75, 3.05) is 6.54 Å². The third-order valence-electron chi connectivity index (χ3n) is 2.95. The quantitative estimate of drug-likeness (QED) is 0.882. The van der Waals surface area contributed by atoms with Crippen LogP contribution >= 0.6 is 11.3 Å². The minimum atomic E-state index is -0.295. The molecule has 0 amide bonds. The van der Waals surface area contributed by atoms with Crippen molar-refractivity contribution in [2.24, 2.45) is 0 Å². The number of halogens is 1. The summed E-state index contributed by atoms with van der Waals surface area (Å²) in [6, 6.07) is 3.36. The fraction of sp³-hybridized carbons (Fsp3) is 0.429. The molecule has 0 aliphatic heterocycles. The Labute approximate surface area is 116 Å². The maximum Gasteiger partial charge on any atom is 0.141 e. The predicted molar refractivity (Wildman–Crippen MR) is 75.8 cm³/mol. The molecule has 1 N–H and O–H groups in total. The molecule has 0 saturated heterocycles. The second-order valence-corrected chi connectivity index (χ2v) is 5.49. The molecular weight excluding hydrogens is 261 g/mol. The van der Waals surface area contributed by atoms with Gasteiger partial charge in [0.25, 0.3) is 0 Å². The molecular formula is C14H18FN3S. The van der Waals surface area contributed by atoms with Gasteiger partial charge >= 0.3 is 0 Å². The predicted octanol–water partition coefficient (Wildman–Crippen LogP) is 3.27. The Morgan fingerprint density at radius 2 is 2.26 bits per heavy atom. The number of hydrogen-bond donors (Lipinski definition) is 1. The SMILES string of the molecule is CCC(NCCc1csc(C)n1)c1ccc(F)cn1. The molecule has 0 saturated carbocycles. The number of rotatable bonds is 6. The third kappa shape index (κ3) is 4.08. The van der Waals surface area contributed by atoms with E-state index in [-0.39, 0.29) is 11.9 Å². The molecule has 2 heterocycles. The molecule has 2 aromatic rings. The number of aromatic nitrogens is 2. The summed E-state index contributed by atoms with van der Waals surface area (Å²) < 4.78 is 12.8. The molecule has 0 aliphatic rings.